The van der Waals surface area contributed by atoms with Gasteiger partial charge in [0.15, 0.2) is 0 Å². The van der Waals surface area contributed by atoms with Crippen LogP contribution in [-0.4, -0.2) is 0 Å². The molecule has 0 saturated heterocycles. The van der Waals surface area contributed by atoms with Crippen LogP contribution in [0.4, 0.5) is 17.1 Å². The molecule has 0 amide bonds. The Hall–Kier alpha value is -6.52. The van der Waals surface area contributed by atoms with Gasteiger partial charge in [-0.25, -0.2) is 0 Å². The number of benzene rings is 8. The van der Waals surface area contributed by atoms with E-state index in [4.69, 9.17) is 13.3 Å². The molecule has 224 valence electrons. The SMILES string of the molecule is c1ccc2c(c1)oc1cc(N(c3ccc4oc5ccccc5c4c3)c3ccc4ccc5ccc6oc7ccccc7c6c5c4c3)ccc12. The van der Waals surface area contributed by atoms with Crippen LogP contribution in [0.3, 0.4) is 0 Å². The number of nitrogens with zero attached hydrogens (tertiary/aromatic N) is 1. The summed E-state index contributed by atoms with van der Waals surface area (Å²) in [5.74, 6) is 0. The molecule has 4 heteroatoms. The van der Waals surface area contributed by atoms with Gasteiger partial charge in [0, 0.05) is 60.8 Å². The van der Waals surface area contributed by atoms with Crippen LogP contribution in [0.2, 0.25) is 0 Å². The van der Waals surface area contributed by atoms with E-state index in [1.807, 2.05) is 36.4 Å². The Morgan fingerprint density at radius 3 is 1.58 bits per heavy atom. The second-order valence-corrected chi connectivity index (χ2v) is 12.5. The Balaban J connectivity index is 1.21. The van der Waals surface area contributed by atoms with E-state index in [0.29, 0.717) is 0 Å². The van der Waals surface area contributed by atoms with Crippen LogP contribution >= 0.6 is 0 Å². The lowest BCUT2D eigenvalue weighted by atomic mass is 9.97. The Morgan fingerprint density at radius 1 is 0.292 bits per heavy atom. The zero-order valence-electron chi connectivity index (χ0n) is 25.6. The van der Waals surface area contributed by atoms with Crippen molar-refractivity contribution in [2.45, 2.75) is 0 Å². The minimum Gasteiger partial charge on any atom is -0.456 e. The number of rotatable bonds is 3. The van der Waals surface area contributed by atoms with E-state index in [2.05, 4.69) is 120 Å². The fraction of sp³-hybridized carbons (Fsp3) is 0. The van der Waals surface area contributed by atoms with Crippen molar-refractivity contribution in [1.29, 1.82) is 0 Å². The molecule has 0 bridgehead atoms. The Bertz CT molecular complexity index is 3090. The van der Waals surface area contributed by atoms with Crippen LogP contribution in [0.15, 0.2) is 165 Å². The molecular formula is C44H25NO3. The highest BCUT2D eigenvalue weighted by molar-refractivity contribution is 6.27. The molecule has 0 fully saturated rings. The lowest BCUT2D eigenvalue weighted by Gasteiger charge is -2.26. The first kappa shape index (κ1) is 25.6. The summed E-state index contributed by atoms with van der Waals surface area (Å²) < 4.78 is 18.9. The summed E-state index contributed by atoms with van der Waals surface area (Å²) in [6.45, 7) is 0. The lowest BCUT2D eigenvalue weighted by Crippen LogP contribution is -2.09. The third-order valence-corrected chi connectivity index (χ3v) is 9.82. The van der Waals surface area contributed by atoms with Gasteiger partial charge in [0.05, 0.1) is 0 Å². The van der Waals surface area contributed by atoms with E-state index >= 15 is 0 Å². The highest BCUT2D eigenvalue weighted by Gasteiger charge is 2.19. The first-order chi connectivity index (χ1) is 23.8. The molecule has 48 heavy (non-hydrogen) atoms. The number of para-hydroxylation sites is 3. The van der Waals surface area contributed by atoms with Gasteiger partial charge in [0.2, 0.25) is 0 Å². The van der Waals surface area contributed by atoms with Crippen molar-refractivity contribution in [3.63, 3.8) is 0 Å². The van der Waals surface area contributed by atoms with Crippen LogP contribution < -0.4 is 4.90 Å². The summed E-state index contributed by atoms with van der Waals surface area (Å²) in [6, 6.07) is 53.2. The number of furan rings is 3. The first-order valence-electron chi connectivity index (χ1n) is 16.2. The monoisotopic (exact) mass is 615 g/mol. The molecule has 0 aliphatic heterocycles. The van der Waals surface area contributed by atoms with Gasteiger partial charge in [-0.15, -0.1) is 0 Å². The van der Waals surface area contributed by atoms with Crippen molar-refractivity contribution in [3.8, 4) is 0 Å². The van der Waals surface area contributed by atoms with E-state index in [9.17, 15) is 0 Å². The number of hydrogen-bond acceptors (Lipinski definition) is 4. The average Bonchev–Trinajstić information content (AvgIpc) is 3.82. The molecule has 3 heterocycles. The predicted molar refractivity (Wildman–Crippen MR) is 198 cm³/mol. The molecule has 3 aromatic heterocycles. The van der Waals surface area contributed by atoms with Gasteiger partial charge in [-0.1, -0.05) is 78.9 Å². The normalized spacial score (nSPS) is 12.2. The topological polar surface area (TPSA) is 42.7 Å². The standard InChI is InChI=1S/C44H25NO3/c1-4-10-37-31(7-1)33-20-18-30(25-42(33)48-37)45(29-19-22-40-36(24-29)32-8-2-5-11-38(32)46-40)28-17-15-26-13-14-27-16-21-41-44(43(27)35(26)23-28)34-9-3-6-12-39(34)47-41/h1-25H. The van der Waals surface area contributed by atoms with Gasteiger partial charge in [-0.05, 0) is 82.9 Å². The van der Waals surface area contributed by atoms with Gasteiger partial charge < -0.3 is 18.2 Å². The summed E-state index contributed by atoms with van der Waals surface area (Å²) >= 11 is 0. The molecule has 0 radical (unpaired) electrons. The number of hydrogen-bond donors (Lipinski definition) is 0. The summed E-state index contributed by atoms with van der Waals surface area (Å²) in [5, 5.41) is 11.4. The van der Waals surface area contributed by atoms with Crippen molar-refractivity contribution in [2.24, 2.45) is 0 Å². The Kier molecular flexibility index (Phi) is 5.08. The van der Waals surface area contributed by atoms with E-state index in [1.165, 1.54) is 21.5 Å². The van der Waals surface area contributed by atoms with Crippen molar-refractivity contribution in [2.75, 3.05) is 4.90 Å². The zero-order valence-corrected chi connectivity index (χ0v) is 25.6. The molecule has 0 N–H and O–H groups in total. The molecular weight excluding hydrogens is 590 g/mol. The average molecular weight is 616 g/mol. The fourth-order valence-electron chi connectivity index (χ4n) is 7.64. The molecule has 11 aromatic rings. The smallest absolute Gasteiger partial charge is 0.137 e. The summed E-state index contributed by atoms with van der Waals surface area (Å²) in [7, 11) is 0. The first-order valence-corrected chi connectivity index (χ1v) is 16.2. The summed E-state index contributed by atoms with van der Waals surface area (Å²) in [6.07, 6.45) is 0. The maximum atomic E-state index is 6.39. The second-order valence-electron chi connectivity index (χ2n) is 12.5. The largest absolute Gasteiger partial charge is 0.456 e. The number of fused-ring (bicyclic) bond motifs is 13. The second kappa shape index (κ2) is 9.50. The third kappa shape index (κ3) is 3.60. The van der Waals surface area contributed by atoms with Gasteiger partial charge in [-0.2, -0.15) is 0 Å². The van der Waals surface area contributed by atoms with E-state index in [1.54, 1.807) is 0 Å². The Labute approximate surface area is 273 Å². The van der Waals surface area contributed by atoms with E-state index in [-0.39, 0.29) is 0 Å². The van der Waals surface area contributed by atoms with Crippen LogP contribution in [0.5, 0.6) is 0 Å². The quantitative estimate of drug-likeness (QED) is 0.185. The van der Waals surface area contributed by atoms with Crippen LogP contribution in [0.1, 0.15) is 0 Å². The van der Waals surface area contributed by atoms with Gasteiger partial charge >= 0.3 is 0 Å². The van der Waals surface area contributed by atoms with Crippen LogP contribution in [0, 0.1) is 0 Å². The molecule has 11 rings (SSSR count). The molecule has 8 aromatic carbocycles. The van der Waals surface area contributed by atoms with Crippen LogP contribution in [0.25, 0.3) is 87.4 Å². The van der Waals surface area contributed by atoms with Crippen molar-refractivity contribution in [3.05, 3.63) is 152 Å². The molecule has 0 aliphatic rings. The van der Waals surface area contributed by atoms with Gasteiger partial charge in [-0.3, -0.25) is 0 Å². The molecule has 4 nitrogen and oxygen atoms in total. The molecule has 0 spiro atoms. The third-order valence-electron chi connectivity index (χ3n) is 9.82. The molecule has 0 atom stereocenters. The maximum Gasteiger partial charge on any atom is 0.137 e. The van der Waals surface area contributed by atoms with Crippen molar-refractivity contribution in [1.82, 2.24) is 0 Å². The zero-order chi connectivity index (χ0) is 31.3. The summed E-state index contributed by atoms with van der Waals surface area (Å²) in [5.41, 5.74) is 8.36. The lowest BCUT2D eigenvalue weighted by molar-refractivity contribution is 0.668. The molecule has 0 saturated carbocycles. The van der Waals surface area contributed by atoms with E-state index < -0.39 is 0 Å². The van der Waals surface area contributed by atoms with Crippen molar-refractivity contribution >= 4 is 104 Å². The predicted octanol–water partition coefficient (Wildman–Crippen LogP) is 13.2. The minimum atomic E-state index is 0.853. The Morgan fingerprint density at radius 2 is 0.771 bits per heavy atom. The number of anilines is 3. The highest BCUT2D eigenvalue weighted by atomic mass is 16.3. The molecule has 0 unspecified atom stereocenters. The minimum absolute atomic E-state index is 0.853. The molecule has 0 aliphatic carbocycles. The maximum absolute atomic E-state index is 6.39. The highest BCUT2D eigenvalue weighted by Crippen LogP contribution is 2.44. The van der Waals surface area contributed by atoms with E-state index in [0.717, 1.165) is 82.9 Å². The summed E-state index contributed by atoms with van der Waals surface area (Å²) in [4.78, 5) is 2.32. The van der Waals surface area contributed by atoms with Gasteiger partial charge in [0.1, 0.15) is 33.5 Å². The van der Waals surface area contributed by atoms with Crippen LogP contribution in [-0.2, 0) is 0 Å². The van der Waals surface area contributed by atoms with Gasteiger partial charge in [0.25, 0.3) is 0 Å². The van der Waals surface area contributed by atoms with Crippen molar-refractivity contribution < 1.29 is 13.3 Å². The fourth-order valence-corrected chi connectivity index (χ4v) is 7.64.